The van der Waals surface area contributed by atoms with Gasteiger partial charge in [0, 0.05) is 16.5 Å². The summed E-state index contributed by atoms with van der Waals surface area (Å²) >= 11 is 4.71. The van der Waals surface area contributed by atoms with Crippen molar-refractivity contribution in [2.75, 3.05) is 32.1 Å². The number of methoxy groups -OCH3 is 3. The fourth-order valence-corrected chi connectivity index (χ4v) is 6.31. The summed E-state index contributed by atoms with van der Waals surface area (Å²) in [6, 6.07) is 17.0. The number of anilines is 1. The van der Waals surface area contributed by atoms with Crippen LogP contribution in [-0.2, 0) is 14.6 Å². The van der Waals surface area contributed by atoms with E-state index in [-0.39, 0.29) is 17.1 Å². The summed E-state index contributed by atoms with van der Waals surface area (Å²) in [4.78, 5) is 18.1. The Morgan fingerprint density at radius 2 is 1.71 bits per heavy atom. The predicted molar refractivity (Wildman–Crippen MR) is 152 cm³/mol. The number of sulfone groups is 1. The summed E-state index contributed by atoms with van der Waals surface area (Å²) in [6.45, 7) is 0. The van der Waals surface area contributed by atoms with Crippen molar-refractivity contribution in [3.8, 4) is 17.2 Å². The van der Waals surface area contributed by atoms with E-state index in [1.807, 2.05) is 18.2 Å². The molecule has 0 saturated heterocycles. The van der Waals surface area contributed by atoms with Crippen molar-refractivity contribution >= 4 is 64.6 Å². The number of thiazole rings is 1. The summed E-state index contributed by atoms with van der Waals surface area (Å²) in [5.41, 5.74) is 1.25. The van der Waals surface area contributed by atoms with Crippen LogP contribution in [-0.4, -0.2) is 52.6 Å². The van der Waals surface area contributed by atoms with Crippen molar-refractivity contribution in [3.63, 3.8) is 0 Å². The molecule has 1 heterocycles. The van der Waals surface area contributed by atoms with Gasteiger partial charge in [0.15, 0.2) is 21.3 Å². The van der Waals surface area contributed by atoms with Crippen LogP contribution in [0.5, 0.6) is 17.2 Å². The fraction of sp³-hybridized carbons (Fsp3) is 0.192. The van der Waals surface area contributed by atoms with Gasteiger partial charge in [0.1, 0.15) is 0 Å². The summed E-state index contributed by atoms with van der Waals surface area (Å²) in [5, 5.41) is 5.85. The number of hydrogen-bond acceptors (Lipinski definition) is 9. The Labute approximate surface area is 232 Å². The minimum atomic E-state index is -3.66. The van der Waals surface area contributed by atoms with Gasteiger partial charge in [0.05, 0.1) is 48.4 Å². The Morgan fingerprint density at radius 1 is 1.03 bits per heavy atom. The number of hydrogen-bond donors (Lipinski definition) is 0. The zero-order valence-corrected chi connectivity index (χ0v) is 24.0. The predicted octanol–water partition coefficient (Wildman–Crippen LogP) is 5.32. The lowest BCUT2D eigenvalue weighted by Gasteiger charge is -2.15. The molecule has 0 N–H and O–H groups in total. The quantitative estimate of drug-likeness (QED) is 0.175. The first kappa shape index (κ1) is 27.6. The van der Waals surface area contributed by atoms with E-state index in [1.54, 1.807) is 30.3 Å². The molecule has 0 aliphatic carbocycles. The largest absolute Gasteiger partial charge is 0.493 e. The second-order valence-corrected chi connectivity index (χ2v) is 11.9. The lowest BCUT2D eigenvalue weighted by Crippen LogP contribution is -2.27. The van der Waals surface area contributed by atoms with Gasteiger partial charge in [-0.2, -0.15) is 10.1 Å². The smallest absolute Gasteiger partial charge is 0.250 e. The fourth-order valence-electron chi connectivity index (χ4n) is 3.57. The monoisotopic (exact) mass is 617 g/mol. The molecule has 0 saturated carbocycles. The van der Waals surface area contributed by atoms with Gasteiger partial charge in [-0.05, 0) is 42.5 Å². The van der Waals surface area contributed by atoms with Crippen LogP contribution in [0, 0.1) is 0 Å². The number of aromatic nitrogens is 1. The second kappa shape index (κ2) is 11.9. The van der Waals surface area contributed by atoms with E-state index in [9.17, 15) is 13.2 Å². The zero-order valence-electron chi connectivity index (χ0n) is 20.8. The topological polar surface area (TPSA) is 107 Å². The SMILES string of the molecule is COc1cc(/C=N/N(C(=O)CCS(=O)(=O)c2ccccc2)c2nc3ccc(Br)cc3s2)cc(OC)c1OC. The molecule has 0 atom stereocenters. The maximum atomic E-state index is 13.4. The van der Waals surface area contributed by atoms with E-state index in [0.717, 1.165) is 14.2 Å². The van der Waals surface area contributed by atoms with Gasteiger partial charge in [-0.1, -0.05) is 45.5 Å². The van der Waals surface area contributed by atoms with Gasteiger partial charge in [-0.15, -0.1) is 0 Å². The Bertz CT molecular complexity index is 1560. The summed E-state index contributed by atoms with van der Waals surface area (Å²) in [7, 11) is 0.841. The average molecular weight is 619 g/mol. The molecule has 198 valence electrons. The molecule has 0 spiro atoms. The van der Waals surface area contributed by atoms with Crippen molar-refractivity contribution in [2.24, 2.45) is 5.10 Å². The number of ether oxygens (including phenoxy) is 3. The Hall–Kier alpha value is -3.48. The number of carbonyl (C=O) groups excluding carboxylic acids is 1. The number of rotatable bonds is 10. The first-order valence-electron chi connectivity index (χ1n) is 11.3. The number of halogens is 1. The average Bonchev–Trinajstić information content (AvgIpc) is 3.34. The van der Waals surface area contributed by atoms with E-state index >= 15 is 0 Å². The lowest BCUT2D eigenvalue weighted by molar-refractivity contribution is -0.118. The molecular weight excluding hydrogens is 594 g/mol. The molecule has 0 unspecified atom stereocenters. The number of hydrazone groups is 1. The van der Waals surface area contributed by atoms with Gasteiger partial charge in [0.2, 0.25) is 10.9 Å². The molecule has 0 fully saturated rings. The molecule has 9 nitrogen and oxygen atoms in total. The highest BCUT2D eigenvalue weighted by atomic mass is 79.9. The Balaban J connectivity index is 1.68. The van der Waals surface area contributed by atoms with Crippen LogP contribution in [0.15, 0.2) is 75.1 Å². The van der Waals surface area contributed by atoms with E-state index in [4.69, 9.17) is 14.2 Å². The first-order chi connectivity index (χ1) is 18.2. The van der Waals surface area contributed by atoms with Crippen LogP contribution >= 0.6 is 27.3 Å². The highest BCUT2D eigenvalue weighted by Crippen LogP contribution is 2.38. The molecule has 0 bridgehead atoms. The molecule has 4 rings (SSSR count). The molecule has 0 aliphatic rings. The third-order valence-corrected chi connectivity index (χ3v) is 8.67. The molecular formula is C26H24BrN3O6S2. The maximum Gasteiger partial charge on any atom is 0.250 e. The third-order valence-electron chi connectivity index (χ3n) is 5.45. The molecule has 1 amide bonds. The van der Waals surface area contributed by atoms with Crippen LogP contribution in [0.2, 0.25) is 0 Å². The molecule has 4 aromatic rings. The van der Waals surface area contributed by atoms with Crippen LogP contribution in [0.3, 0.4) is 0 Å². The van der Waals surface area contributed by atoms with Crippen molar-refractivity contribution in [2.45, 2.75) is 11.3 Å². The summed E-state index contributed by atoms with van der Waals surface area (Å²) in [5.74, 6) is 0.367. The zero-order chi connectivity index (χ0) is 27.3. The first-order valence-corrected chi connectivity index (χ1v) is 14.5. The third kappa shape index (κ3) is 6.14. The summed E-state index contributed by atoms with van der Waals surface area (Å²) < 4.78 is 43.4. The van der Waals surface area contributed by atoms with Crippen molar-refractivity contribution in [1.29, 1.82) is 0 Å². The van der Waals surface area contributed by atoms with Crippen LogP contribution in [0.25, 0.3) is 10.2 Å². The van der Waals surface area contributed by atoms with Crippen LogP contribution in [0.4, 0.5) is 5.13 Å². The molecule has 38 heavy (non-hydrogen) atoms. The summed E-state index contributed by atoms with van der Waals surface area (Å²) in [6.07, 6.45) is 1.17. The highest BCUT2D eigenvalue weighted by Gasteiger charge is 2.23. The number of fused-ring (bicyclic) bond motifs is 1. The van der Waals surface area contributed by atoms with Gasteiger partial charge < -0.3 is 14.2 Å². The number of carbonyl (C=O) groups is 1. The van der Waals surface area contributed by atoms with Gasteiger partial charge in [0.25, 0.3) is 5.91 Å². The highest BCUT2D eigenvalue weighted by molar-refractivity contribution is 9.10. The van der Waals surface area contributed by atoms with Gasteiger partial charge in [-0.25, -0.2) is 13.4 Å². The minimum absolute atomic E-state index is 0.158. The van der Waals surface area contributed by atoms with E-state index in [1.165, 1.54) is 51.0 Å². The van der Waals surface area contributed by atoms with Crippen molar-refractivity contribution in [1.82, 2.24) is 4.98 Å². The standard InChI is InChI=1S/C26H24BrN3O6S2/c1-34-21-13-17(14-22(35-2)25(21)36-3)16-28-30(26-29-20-10-9-18(27)15-23(20)37-26)24(31)11-12-38(32,33)19-7-5-4-6-8-19/h4-10,13-16H,11-12H2,1-3H3/b28-16+. The molecule has 0 radical (unpaired) electrons. The van der Waals surface area contributed by atoms with E-state index < -0.39 is 15.7 Å². The number of amides is 1. The van der Waals surface area contributed by atoms with Crippen LogP contribution < -0.4 is 19.2 Å². The van der Waals surface area contributed by atoms with E-state index in [2.05, 4.69) is 26.0 Å². The van der Waals surface area contributed by atoms with Crippen molar-refractivity contribution in [3.05, 3.63) is 70.7 Å². The maximum absolute atomic E-state index is 13.4. The number of benzene rings is 3. The molecule has 3 aromatic carbocycles. The normalized spacial score (nSPS) is 11.6. The van der Waals surface area contributed by atoms with Gasteiger partial charge >= 0.3 is 0 Å². The van der Waals surface area contributed by atoms with E-state index in [0.29, 0.717) is 33.5 Å². The van der Waals surface area contributed by atoms with Crippen LogP contribution in [0.1, 0.15) is 12.0 Å². The molecule has 12 heteroatoms. The van der Waals surface area contributed by atoms with Gasteiger partial charge in [-0.3, -0.25) is 4.79 Å². The molecule has 1 aromatic heterocycles. The molecule has 0 aliphatic heterocycles. The lowest BCUT2D eigenvalue weighted by atomic mass is 10.2. The number of nitrogens with zero attached hydrogens (tertiary/aromatic N) is 3. The van der Waals surface area contributed by atoms with Crippen molar-refractivity contribution < 1.29 is 27.4 Å². The minimum Gasteiger partial charge on any atom is -0.493 e. The Morgan fingerprint density at radius 3 is 2.34 bits per heavy atom. The Kier molecular flexibility index (Phi) is 8.65. The second-order valence-electron chi connectivity index (χ2n) is 7.90.